The van der Waals surface area contributed by atoms with Crippen LogP contribution in [0, 0.1) is 0 Å². The van der Waals surface area contributed by atoms with Crippen LogP contribution in [0.2, 0.25) is 5.02 Å². The number of amides is 1. The molecule has 0 saturated carbocycles. The van der Waals surface area contributed by atoms with Crippen LogP contribution in [0.15, 0.2) is 36.7 Å². The molecule has 2 N–H and O–H groups in total. The molecule has 0 aliphatic carbocycles. The van der Waals surface area contributed by atoms with Crippen LogP contribution in [0.25, 0.3) is 0 Å². The summed E-state index contributed by atoms with van der Waals surface area (Å²) in [6.45, 7) is 5.83. The molecule has 2 heterocycles. The largest absolute Gasteiger partial charge is 0.490 e. The van der Waals surface area contributed by atoms with Crippen molar-refractivity contribution in [1.29, 1.82) is 0 Å². The van der Waals surface area contributed by atoms with Gasteiger partial charge in [0, 0.05) is 43.0 Å². The van der Waals surface area contributed by atoms with Crippen molar-refractivity contribution in [3.05, 3.63) is 47.2 Å². The zero-order chi connectivity index (χ0) is 20.0. The van der Waals surface area contributed by atoms with Gasteiger partial charge < -0.3 is 15.2 Å². The summed E-state index contributed by atoms with van der Waals surface area (Å²) in [5, 5.41) is 4.98. The second-order valence-electron chi connectivity index (χ2n) is 7.24. The normalized spacial score (nSPS) is 20.2. The Hall–Kier alpha value is -2.09. The lowest BCUT2D eigenvalue weighted by Gasteiger charge is -2.41. The summed E-state index contributed by atoms with van der Waals surface area (Å²) in [4.78, 5) is 14.0. The maximum Gasteiger partial charge on any atom is 0.220 e. The molecule has 8 heteroatoms. The van der Waals surface area contributed by atoms with Crippen LogP contribution in [0.1, 0.15) is 25.3 Å². The van der Waals surface area contributed by atoms with E-state index in [9.17, 15) is 4.79 Å². The number of benzene rings is 1. The first-order valence-electron chi connectivity index (χ1n) is 9.52. The van der Waals surface area contributed by atoms with Gasteiger partial charge >= 0.3 is 0 Å². The van der Waals surface area contributed by atoms with Gasteiger partial charge in [0.05, 0.1) is 19.2 Å². The number of aromatic nitrogens is 2. The number of hydrogen-bond acceptors (Lipinski definition) is 5. The van der Waals surface area contributed by atoms with Crippen LogP contribution in [0.4, 0.5) is 0 Å². The standard InChI is InChI=1S/C20H27ClN4O3/c1-2-6-25-13-16(11-23-25)12-24-7-8-28-20(14-24,10-19(22)26)15-27-18-5-3-4-17(21)9-18/h3-5,9,11,13H,2,6-8,10,12,14-15H2,1H3,(H2,22,26). The lowest BCUT2D eigenvalue weighted by molar-refractivity contribution is -0.148. The van der Waals surface area contributed by atoms with Crippen molar-refractivity contribution < 1.29 is 14.3 Å². The number of halogens is 1. The van der Waals surface area contributed by atoms with E-state index in [4.69, 9.17) is 26.8 Å². The smallest absolute Gasteiger partial charge is 0.220 e. The number of aryl methyl sites for hydroxylation is 1. The fraction of sp³-hybridized carbons (Fsp3) is 0.500. The minimum atomic E-state index is -0.786. The van der Waals surface area contributed by atoms with Crippen LogP contribution in [-0.2, 0) is 22.6 Å². The Bertz CT molecular complexity index is 797. The first kappa shape index (κ1) is 20.6. The van der Waals surface area contributed by atoms with Gasteiger partial charge in [0.15, 0.2) is 0 Å². The quantitative estimate of drug-likeness (QED) is 0.691. The van der Waals surface area contributed by atoms with Crippen LogP contribution in [0.5, 0.6) is 5.75 Å². The van der Waals surface area contributed by atoms with Gasteiger partial charge in [0.25, 0.3) is 0 Å². The third-order valence-corrected chi connectivity index (χ3v) is 4.90. The van der Waals surface area contributed by atoms with E-state index in [1.807, 2.05) is 23.0 Å². The summed E-state index contributed by atoms with van der Waals surface area (Å²) in [6.07, 6.45) is 5.10. The molecule has 1 aromatic heterocycles. The van der Waals surface area contributed by atoms with Gasteiger partial charge in [-0.3, -0.25) is 14.4 Å². The van der Waals surface area contributed by atoms with Crippen LogP contribution < -0.4 is 10.5 Å². The second-order valence-corrected chi connectivity index (χ2v) is 7.68. The molecule has 1 aliphatic heterocycles. The molecule has 1 fully saturated rings. The lowest BCUT2D eigenvalue weighted by atomic mass is 9.97. The van der Waals surface area contributed by atoms with Crippen LogP contribution >= 0.6 is 11.6 Å². The van der Waals surface area contributed by atoms with E-state index in [0.717, 1.165) is 31.6 Å². The van der Waals surface area contributed by atoms with Gasteiger partial charge in [-0.15, -0.1) is 0 Å². The summed E-state index contributed by atoms with van der Waals surface area (Å²) >= 11 is 6.02. The molecule has 1 aliphatic rings. The Morgan fingerprint density at radius 2 is 2.32 bits per heavy atom. The highest BCUT2D eigenvalue weighted by molar-refractivity contribution is 6.30. The number of ether oxygens (including phenoxy) is 2. The highest BCUT2D eigenvalue weighted by Gasteiger charge is 2.39. The van der Waals surface area contributed by atoms with Gasteiger partial charge in [-0.05, 0) is 24.6 Å². The topological polar surface area (TPSA) is 82.6 Å². The maximum absolute atomic E-state index is 11.7. The number of carbonyl (C=O) groups excluding carboxylic acids is 1. The first-order valence-corrected chi connectivity index (χ1v) is 9.90. The minimum absolute atomic E-state index is 0.0964. The molecule has 1 atom stereocenters. The Labute approximate surface area is 170 Å². The van der Waals surface area contributed by atoms with Gasteiger partial charge in [0.1, 0.15) is 18.0 Å². The third-order valence-electron chi connectivity index (χ3n) is 4.67. The molecule has 1 amide bonds. The fourth-order valence-corrected chi connectivity index (χ4v) is 3.67. The van der Waals surface area contributed by atoms with Gasteiger partial charge in [-0.25, -0.2) is 0 Å². The Morgan fingerprint density at radius 3 is 3.07 bits per heavy atom. The minimum Gasteiger partial charge on any atom is -0.490 e. The van der Waals surface area contributed by atoms with Crippen molar-refractivity contribution in [2.75, 3.05) is 26.3 Å². The molecule has 0 radical (unpaired) electrons. The number of nitrogens with two attached hydrogens (primary N) is 1. The molecule has 28 heavy (non-hydrogen) atoms. The Morgan fingerprint density at radius 1 is 1.46 bits per heavy atom. The predicted molar refractivity (Wildman–Crippen MR) is 107 cm³/mol. The SMILES string of the molecule is CCCn1cc(CN2CCOC(COc3cccc(Cl)c3)(CC(N)=O)C2)cn1. The number of morpholine rings is 1. The molecule has 3 rings (SSSR count). The number of nitrogens with zero attached hydrogens (tertiary/aromatic N) is 3. The van der Waals surface area contributed by atoms with Crippen molar-refractivity contribution in [2.24, 2.45) is 5.73 Å². The molecule has 0 bridgehead atoms. The molecule has 0 spiro atoms. The van der Waals surface area contributed by atoms with Crippen LogP contribution in [-0.4, -0.2) is 52.5 Å². The number of carbonyl (C=O) groups is 1. The van der Waals surface area contributed by atoms with Gasteiger partial charge in [-0.1, -0.05) is 24.6 Å². The molecule has 1 aromatic carbocycles. The lowest BCUT2D eigenvalue weighted by Crippen LogP contribution is -2.56. The summed E-state index contributed by atoms with van der Waals surface area (Å²) in [6, 6.07) is 7.17. The summed E-state index contributed by atoms with van der Waals surface area (Å²) in [7, 11) is 0. The van der Waals surface area contributed by atoms with E-state index >= 15 is 0 Å². The van der Waals surface area contributed by atoms with Gasteiger partial charge in [-0.2, -0.15) is 5.10 Å². The van der Waals surface area contributed by atoms with Crippen molar-refractivity contribution in [1.82, 2.24) is 14.7 Å². The third kappa shape index (κ3) is 5.70. The van der Waals surface area contributed by atoms with Crippen LogP contribution in [0.3, 0.4) is 0 Å². The number of hydrogen-bond donors (Lipinski definition) is 1. The summed E-state index contributed by atoms with van der Waals surface area (Å²) in [5.41, 5.74) is 5.86. The first-order chi connectivity index (χ1) is 13.5. The fourth-order valence-electron chi connectivity index (χ4n) is 3.49. The molecular weight excluding hydrogens is 380 g/mol. The summed E-state index contributed by atoms with van der Waals surface area (Å²) < 4.78 is 13.9. The van der Waals surface area contributed by atoms with Crippen molar-refractivity contribution in [2.45, 2.75) is 38.5 Å². The average molecular weight is 407 g/mol. The Balaban J connectivity index is 1.67. The molecule has 7 nitrogen and oxygen atoms in total. The summed E-state index contributed by atoms with van der Waals surface area (Å²) in [5.74, 6) is 0.227. The van der Waals surface area contributed by atoms with E-state index < -0.39 is 11.5 Å². The number of primary amides is 1. The van der Waals surface area contributed by atoms with E-state index in [1.54, 1.807) is 12.1 Å². The van der Waals surface area contributed by atoms with E-state index in [0.29, 0.717) is 23.9 Å². The molecule has 1 unspecified atom stereocenters. The maximum atomic E-state index is 11.7. The van der Waals surface area contributed by atoms with Crippen molar-refractivity contribution >= 4 is 17.5 Å². The highest BCUT2D eigenvalue weighted by Crippen LogP contribution is 2.26. The highest BCUT2D eigenvalue weighted by atomic mass is 35.5. The zero-order valence-electron chi connectivity index (χ0n) is 16.1. The van der Waals surface area contributed by atoms with Crippen molar-refractivity contribution in [3.8, 4) is 5.75 Å². The molecule has 1 saturated heterocycles. The average Bonchev–Trinajstić information content (AvgIpc) is 3.07. The zero-order valence-corrected chi connectivity index (χ0v) is 16.9. The number of rotatable bonds is 9. The molecule has 152 valence electrons. The van der Waals surface area contributed by atoms with E-state index in [1.165, 1.54) is 0 Å². The second kappa shape index (κ2) is 9.41. The molecule has 2 aromatic rings. The van der Waals surface area contributed by atoms with E-state index in [-0.39, 0.29) is 13.0 Å². The van der Waals surface area contributed by atoms with E-state index in [2.05, 4.69) is 23.1 Å². The molecular formula is C20H27ClN4O3. The van der Waals surface area contributed by atoms with Gasteiger partial charge in [0.2, 0.25) is 5.91 Å². The monoisotopic (exact) mass is 406 g/mol. The van der Waals surface area contributed by atoms with Crippen molar-refractivity contribution in [3.63, 3.8) is 0 Å². The predicted octanol–water partition coefficient (Wildman–Crippen LogP) is 2.47. The Kier molecular flexibility index (Phi) is 6.93.